The first-order valence-electron chi connectivity index (χ1n) is 5.62. The van der Waals surface area contributed by atoms with Crippen LogP contribution in [0.2, 0.25) is 0 Å². The van der Waals surface area contributed by atoms with E-state index < -0.39 is 0 Å². The normalized spacial score (nSPS) is 18.6. The minimum Gasteiger partial charge on any atom is -0.472 e. The molecule has 0 spiro atoms. The number of nitrogens with one attached hydrogen (secondary N) is 1. The number of aryl methyl sites for hydroxylation is 1. The third-order valence-electron chi connectivity index (χ3n) is 3.09. The van der Waals surface area contributed by atoms with E-state index in [0.29, 0.717) is 6.04 Å². The predicted molar refractivity (Wildman–Crippen MR) is 60.8 cm³/mol. The maximum atomic E-state index is 5.04. The highest BCUT2D eigenvalue weighted by Crippen LogP contribution is 2.28. The van der Waals surface area contributed by atoms with Crippen molar-refractivity contribution < 1.29 is 4.42 Å². The highest BCUT2D eigenvalue weighted by molar-refractivity contribution is 5.28. The first kappa shape index (κ1) is 9.60. The van der Waals surface area contributed by atoms with Crippen molar-refractivity contribution in [3.8, 4) is 0 Å². The Bertz CT molecular complexity index is 465. The van der Waals surface area contributed by atoms with Crippen LogP contribution in [-0.2, 0) is 13.0 Å². The molecule has 0 radical (unpaired) electrons. The smallest absolute Gasteiger partial charge is 0.0947 e. The summed E-state index contributed by atoms with van der Waals surface area (Å²) in [6.45, 7) is 0.844. The third-order valence-corrected chi connectivity index (χ3v) is 3.09. The summed E-state index contributed by atoms with van der Waals surface area (Å²) < 4.78 is 5.04. The monoisotopic (exact) mass is 214 g/mol. The third kappa shape index (κ3) is 1.74. The molecule has 1 N–H and O–H groups in total. The van der Waals surface area contributed by atoms with Crippen LogP contribution in [0.15, 0.2) is 41.3 Å². The second kappa shape index (κ2) is 4.10. The van der Waals surface area contributed by atoms with E-state index in [1.54, 1.807) is 12.5 Å². The van der Waals surface area contributed by atoms with Crippen LogP contribution in [0.4, 0.5) is 0 Å². The number of nitrogens with zero attached hydrogens (tertiary/aromatic N) is 1. The fourth-order valence-electron chi connectivity index (χ4n) is 2.25. The quantitative estimate of drug-likeness (QED) is 0.852. The van der Waals surface area contributed by atoms with Gasteiger partial charge in [-0.25, -0.2) is 0 Å². The van der Waals surface area contributed by atoms with Gasteiger partial charge in [-0.15, -0.1) is 0 Å². The molecule has 2 aromatic rings. The van der Waals surface area contributed by atoms with Gasteiger partial charge in [-0.05, 0) is 30.5 Å². The molecule has 0 fully saturated rings. The van der Waals surface area contributed by atoms with E-state index in [-0.39, 0.29) is 0 Å². The number of furan rings is 1. The predicted octanol–water partition coefficient (Wildman–Crippen LogP) is 2.45. The van der Waals surface area contributed by atoms with Crippen LogP contribution >= 0.6 is 0 Å². The lowest BCUT2D eigenvalue weighted by Gasteiger charge is -2.11. The van der Waals surface area contributed by atoms with Gasteiger partial charge in [0, 0.05) is 18.3 Å². The fourth-order valence-corrected chi connectivity index (χ4v) is 2.25. The van der Waals surface area contributed by atoms with Gasteiger partial charge in [0.05, 0.1) is 24.3 Å². The largest absolute Gasteiger partial charge is 0.472 e. The molecule has 0 aromatic carbocycles. The summed E-state index contributed by atoms with van der Waals surface area (Å²) in [5.74, 6) is 0. The topological polar surface area (TPSA) is 38.1 Å². The van der Waals surface area contributed by atoms with Crippen molar-refractivity contribution >= 4 is 0 Å². The van der Waals surface area contributed by atoms with Gasteiger partial charge in [0.15, 0.2) is 0 Å². The Morgan fingerprint density at radius 3 is 3.31 bits per heavy atom. The summed E-state index contributed by atoms with van der Waals surface area (Å²) in [4.78, 5) is 4.45. The zero-order valence-corrected chi connectivity index (χ0v) is 9.02. The minimum atomic E-state index is 0.395. The van der Waals surface area contributed by atoms with E-state index in [1.165, 1.54) is 16.8 Å². The van der Waals surface area contributed by atoms with Crippen LogP contribution in [0.5, 0.6) is 0 Å². The van der Waals surface area contributed by atoms with E-state index in [4.69, 9.17) is 4.42 Å². The Kier molecular flexibility index (Phi) is 2.46. The van der Waals surface area contributed by atoms with Crippen LogP contribution in [0, 0.1) is 0 Å². The maximum Gasteiger partial charge on any atom is 0.0947 e. The Hall–Kier alpha value is -1.61. The van der Waals surface area contributed by atoms with Gasteiger partial charge in [-0.3, -0.25) is 4.98 Å². The van der Waals surface area contributed by atoms with Gasteiger partial charge in [0.2, 0.25) is 0 Å². The van der Waals surface area contributed by atoms with Gasteiger partial charge < -0.3 is 9.73 Å². The molecule has 16 heavy (non-hydrogen) atoms. The Morgan fingerprint density at radius 2 is 2.44 bits per heavy atom. The van der Waals surface area contributed by atoms with Crippen molar-refractivity contribution in [2.75, 3.05) is 0 Å². The number of fused-ring (bicyclic) bond motifs is 1. The number of hydrogen-bond donors (Lipinski definition) is 1. The van der Waals surface area contributed by atoms with Crippen LogP contribution in [-0.4, -0.2) is 4.98 Å². The zero-order chi connectivity index (χ0) is 10.8. The molecule has 0 bridgehead atoms. The molecular formula is C13H14N2O. The van der Waals surface area contributed by atoms with Gasteiger partial charge in [0.25, 0.3) is 0 Å². The zero-order valence-electron chi connectivity index (χ0n) is 9.02. The SMILES string of the molecule is c1cnc2c(c1)CCC2NCc1ccoc1. The summed E-state index contributed by atoms with van der Waals surface area (Å²) in [5.41, 5.74) is 3.78. The van der Waals surface area contributed by atoms with E-state index in [1.807, 2.05) is 18.3 Å². The molecular weight excluding hydrogens is 200 g/mol. The van der Waals surface area contributed by atoms with E-state index in [9.17, 15) is 0 Å². The molecule has 2 heterocycles. The Labute approximate surface area is 94.5 Å². The lowest BCUT2D eigenvalue weighted by molar-refractivity contribution is 0.514. The second-order valence-corrected chi connectivity index (χ2v) is 4.15. The average molecular weight is 214 g/mol. The van der Waals surface area contributed by atoms with Gasteiger partial charge in [-0.1, -0.05) is 6.07 Å². The molecule has 3 nitrogen and oxygen atoms in total. The number of pyridine rings is 1. The Morgan fingerprint density at radius 1 is 1.44 bits per heavy atom. The van der Waals surface area contributed by atoms with Crippen LogP contribution < -0.4 is 5.32 Å². The molecule has 1 aliphatic rings. The lowest BCUT2D eigenvalue weighted by atomic mass is 10.2. The second-order valence-electron chi connectivity index (χ2n) is 4.15. The number of hydrogen-bond acceptors (Lipinski definition) is 3. The van der Waals surface area contributed by atoms with Crippen LogP contribution in [0.3, 0.4) is 0 Å². The summed E-state index contributed by atoms with van der Waals surface area (Å²) in [5, 5.41) is 3.52. The molecule has 2 aromatic heterocycles. The van der Waals surface area contributed by atoms with Crippen molar-refractivity contribution in [1.82, 2.24) is 10.3 Å². The molecule has 82 valence electrons. The minimum absolute atomic E-state index is 0.395. The summed E-state index contributed by atoms with van der Waals surface area (Å²) in [6, 6.07) is 6.56. The standard InChI is InChI=1S/C13H14N2O/c1-2-11-3-4-12(13(11)14-6-1)15-8-10-5-7-16-9-10/h1-2,5-7,9,12,15H,3-4,8H2. The van der Waals surface area contributed by atoms with E-state index >= 15 is 0 Å². The highest BCUT2D eigenvalue weighted by Gasteiger charge is 2.22. The summed E-state index contributed by atoms with van der Waals surface area (Å²) in [6.07, 6.45) is 7.63. The van der Waals surface area contributed by atoms with Crippen molar-refractivity contribution in [2.45, 2.75) is 25.4 Å². The van der Waals surface area contributed by atoms with E-state index in [0.717, 1.165) is 19.4 Å². The number of rotatable bonds is 3. The maximum absolute atomic E-state index is 5.04. The van der Waals surface area contributed by atoms with Crippen molar-refractivity contribution in [3.05, 3.63) is 53.7 Å². The molecule has 0 saturated carbocycles. The lowest BCUT2D eigenvalue weighted by Crippen LogP contribution is -2.19. The van der Waals surface area contributed by atoms with Gasteiger partial charge in [0.1, 0.15) is 0 Å². The summed E-state index contributed by atoms with van der Waals surface area (Å²) >= 11 is 0. The van der Waals surface area contributed by atoms with Crippen molar-refractivity contribution in [3.63, 3.8) is 0 Å². The number of aromatic nitrogens is 1. The van der Waals surface area contributed by atoms with Crippen molar-refractivity contribution in [2.24, 2.45) is 0 Å². The summed E-state index contributed by atoms with van der Waals surface area (Å²) in [7, 11) is 0. The fraction of sp³-hybridized carbons (Fsp3) is 0.308. The highest BCUT2D eigenvalue weighted by atomic mass is 16.3. The first-order valence-corrected chi connectivity index (χ1v) is 5.62. The molecule has 3 rings (SSSR count). The molecule has 3 heteroatoms. The molecule has 0 amide bonds. The van der Waals surface area contributed by atoms with Crippen LogP contribution in [0.25, 0.3) is 0 Å². The molecule has 1 unspecified atom stereocenters. The molecule has 1 aliphatic carbocycles. The van der Waals surface area contributed by atoms with Crippen LogP contribution in [0.1, 0.15) is 29.3 Å². The van der Waals surface area contributed by atoms with Gasteiger partial charge in [-0.2, -0.15) is 0 Å². The molecule has 1 atom stereocenters. The Balaban J connectivity index is 1.69. The van der Waals surface area contributed by atoms with Gasteiger partial charge >= 0.3 is 0 Å². The first-order chi connectivity index (χ1) is 7.93. The molecule has 0 saturated heterocycles. The molecule has 0 aliphatic heterocycles. The average Bonchev–Trinajstić information content (AvgIpc) is 2.96. The van der Waals surface area contributed by atoms with E-state index in [2.05, 4.69) is 16.4 Å². The van der Waals surface area contributed by atoms with Crippen molar-refractivity contribution in [1.29, 1.82) is 0 Å².